The van der Waals surface area contributed by atoms with E-state index in [1.807, 2.05) is 6.07 Å². The first-order chi connectivity index (χ1) is 13.6. The van der Waals surface area contributed by atoms with Gasteiger partial charge in [0.2, 0.25) is 5.16 Å². The van der Waals surface area contributed by atoms with E-state index in [1.165, 1.54) is 28.6 Å². The van der Waals surface area contributed by atoms with Gasteiger partial charge in [-0.25, -0.2) is 13.9 Å². The van der Waals surface area contributed by atoms with E-state index < -0.39 is 11.4 Å². The van der Waals surface area contributed by atoms with Gasteiger partial charge in [0.15, 0.2) is 5.82 Å². The maximum absolute atomic E-state index is 14.0. The topological polar surface area (TPSA) is 96.2 Å². The first-order valence-electron chi connectivity index (χ1n) is 8.26. The van der Waals surface area contributed by atoms with Crippen LogP contribution in [0.5, 0.6) is 5.75 Å². The van der Waals surface area contributed by atoms with Gasteiger partial charge in [0.1, 0.15) is 17.1 Å². The molecule has 28 heavy (non-hydrogen) atoms. The Morgan fingerprint density at radius 3 is 2.82 bits per heavy atom. The molecule has 4 aromatic rings. The minimum Gasteiger partial charge on any atom is -0.497 e. The number of ether oxygens (including phenoxy) is 1. The Bertz CT molecular complexity index is 1220. The maximum Gasteiger partial charge on any atom is 0.336 e. The van der Waals surface area contributed by atoms with E-state index in [0.29, 0.717) is 22.2 Å². The number of fused-ring (bicyclic) bond motifs is 1. The van der Waals surface area contributed by atoms with E-state index in [0.717, 1.165) is 10.9 Å². The summed E-state index contributed by atoms with van der Waals surface area (Å²) >= 11 is 1.29. The van der Waals surface area contributed by atoms with Crippen LogP contribution >= 0.6 is 11.8 Å². The number of nitrogens with zero attached hydrogens (tertiary/aromatic N) is 3. The van der Waals surface area contributed by atoms with Crippen molar-refractivity contribution >= 4 is 22.7 Å². The first kappa shape index (κ1) is 18.1. The van der Waals surface area contributed by atoms with E-state index in [1.54, 1.807) is 37.4 Å². The van der Waals surface area contributed by atoms with Gasteiger partial charge >= 0.3 is 5.63 Å². The van der Waals surface area contributed by atoms with Crippen molar-refractivity contribution < 1.29 is 13.5 Å². The minimum atomic E-state index is -0.461. The van der Waals surface area contributed by atoms with Crippen molar-refractivity contribution in [2.45, 2.75) is 10.9 Å². The molecular formula is C19H15FN4O3S. The van der Waals surface area contributed by atoms with Crippen molar-refractivity contribution in [1.29, 1.82) is 0 Å². The molecule has 0 saturated heterocycles. The number of hydrogen-bond donors (Lipinski definition) is 1. The Morgan fingerprint density at radius 1 is 1.21 bits per heavy atom. The summed E-state index contributed by atoms with van der Waals surface area (Å²) in [5.41, 5.74) is 0.998. The zero-order chi connectivity index (χ0) is 19.7. The average Bonchev–Trinajstić information content (AvgIpc) is 3.06. The Balaban J connectivity index is 1.64. The molecule has 9 heteroatoms. The lowest BCUT2D eigenvalue weighted by Crippen LogP contribution is -2.12. The normalized spacial score (nSPS) is 11.1. The quantitative estimate of drug-likeness (QED) is 0.313. The number of nitrogen functional groups attached to an aromatic ring is 1. The second-order valence-electron chi connectivity index (χ2n) is 5.90. The predicted molar refractivity (Wildman–Crippen MR) is 104 cm³/mol. The van der Waals surface area contributed by atoms with Crippen molar-refractivity contribution in [1.82, 2.24) is 14.9 Å². The molecule has 0 fully saturated rings. The molecule has 2 heterocycles. The fourth-order valence-corrected chi connectivity index (χ4v) is 3.65. The number of benzene rings is 2. The van der Waals surface area contributed by atoms with E-state index in [-0.39, 0.29) is 11.4 Å². The SMILES string of the molecule is COc1ccc2c(CSc3nnc(-c4ccccc4F)n3N)cc(=O)oc2c1. The van der Waals surface area contributed by atoms with Gasteiger partial charge in [-0.3, -0.25) is 0 Å². The molecule has 0 aliphatic carbocycles. The molecule has 0 saturated carbocycles. The highest BCUT2D eigenvalue weighted by Crippen LogP contribution is 2.29. The zero-order valence-corrected chi connectivity index (χ0v) is 15.6. The van der Waals surface area contributed by atoms with Crippen LogP contribution in [-0.4, -0.2) is 22.0 Å². The van der Waals surface area contributed by atoms with Crippen LogP contribution in [0.15, 0.2) is 62.9 Å². The lowest BCUT2D eigenvalue weighted by atomic mass is 10.1. The summed E-state index contributed by atoms with van der Waals surface area (Å²) in [6.07, 6.45) is 0. The van der Waals surface area contributed by atoms with Crippen molar-refractivity contribution in [2.24, 2.45) is 0 Å². The summed E-state index contributed by atoms with van der Waals surface area (Å²) in [5.74, 6) is 6.85. The van der Waals surface area contributed by atoms with Crippen LogP contribution in [0.3, 0.4) is 0 Å². The van der Waals surface area contributed by atoms with Crippen molar-refractivity contribution in [3.8, 4) is 17.1 Å². The van der Waals surface area contributed by atoms with E-state index in [4.69, 9.17) is 15.0 Å². The van der Waals surface area contributed by atoms with Crippen LogP contribution in [-0.2, 0) is 5.75 Å². The molecule has 0 unspecified atom stereocenters. The zero-order valence-electron chi connectivity index (χ0n) is 14.8. The van der Waals surface area contributed by atoms with Crippen LogP contribution in [0.4, 0.5) is 4.39 Å². The molecule has 0 spiro atoms. The summed E-state index contributed by atoms with van der Waals surface area (Å²) in [6, 6.07) is 12.9. The highest BCUT2D eigenvalue weighted by molar-refractivity contribution is 7.98. The summed E-state index contributed by atoms with van der Waals surface area (Å²) in [5, 5.41) is 9.21. The molecule has 0 atom stereocenters. The van der Waals surface area contributed by atoms with Crippen molar-refractivity contribution in [3.63, 3.8) is 0 Å². The number of halogens is 1. The van der Waals surface area contributed by atoms with Gasteiger partial charge in [-0.1, -0.05) is 23.9 Å². The average molecular weight is 398 g/mol. The number of rotatable bonds is 5. The van der Waals surface area contributed by atoms with Gasteiger partial charge in [-0.05, 0) is 29.8 Å². The van der Waals surface area contributed by atoms with Gasteiger partial charge in [-0.2, -0.15) is 0 Å². The van der Waals surface area contributed by atoms with Crippen LogP contribution in [0.25, 0.3) is 22.4 Å². The molecule has 142 valence electrons. The number of nitrogens with two attached hydrogens (primary N) is 1. The molecule has 2 N–H and O–H groups in total. The summed E-state index contributed by atoms with van der Waals surface area (Å²) in [7, 11) is 1.54. The number of thioether (sulfide) groups is 1. The third-order valence-corrected chi connectivity index (χ3v) is 5.17. The molecule has 0 amide bonds. The third-order valence-electron chi connectivity index (χ3n) is 4.17. The lowest BCUT2D eigenvalue weighted by molar-refractivity contribution is 0.414. The van der Waals surface area contributed by atoms with E-state index in [2.05, 4.69) is 10.2 Å². The standard InChI is InChI=1S/C19H15FN4O3S/c1-26-12-6-7-13-11(8-17(25)27-16(13)9-12)10-28-19-23-22-18(24(19)21)14-4-2-3-5-15(14)20/h2-9H,10,21H2,1H3. The minimum absolute atomic E-state index is 0.225. The van der Waals surface area contributed by atoms with Crippen molar-refractivity contribution in [2.75, 3.05) is 13.0 Å². The Hall–Kier alpha value is -3.33. The first-order valence-corrected chi connectivity index (χ1v) is 9.24. The smallest absolute Gasteiger partial charge is 0.336 e. The molecular weight excluding hydrogens is 383 g/mol. The molecule has 0 aliphatic rings. The third kappa shape index (κ3) is 3.31. The monoisotopic (exact) mass is 398 g/mol. The van der Waals surface area contributed by atoms with Gasteiger partial charge in [0.05, 0.1) is 12.7 Å². The van der Waals surface area contributed by atoms with Gasteiger partial charge in [0.25, 0.3) is 0 Å². The number of aromatic nitrogens is 3. The molecule has 0 bridgehead atoms. The van der Waals surface area contributed by atoms with Crippen LogP contribution in [0.2, 0.25) is 0 Å². The molecule has 0 radical (unpaired) electrons. The lowest BCUT2D eigenvalue weighted by Gasteiger charge is -2.07. The van der Waals surface area contributed by atoms with Crippen LogP contribution in [0, 0.1) is 5.82 Å². The largest absolute Gasteiger partial charge is 0.497 e. The predicted octanol–water partition coefficient (Wildman–Crippen LogP) is 3.21. The molecule has 2 aromatic carbocycles. The fraction of sp³-hybridized carbons (Fsp3) is 0.105. The van der Waals surface area contributed by atoms with Crippen LogP contribution in [0.1, 0.15) is 5.56 Å². The second kappa shape index (κ2) is 7.35. The molecule has 7 nitrogen and oxygen atoms in total. The summed E-state index contributed by atoms with van der Waals surface area (Å²) in [6.45, 7) is 0. The number of hydrogen-bond acceptors (Lipinski definition) is 7. The van der Waals surface area contributed by atoms with E-state index >= 15 is 0 Å². The molecule has 2 aromatic heterocycles. The fourth-order valence-electron chi connectivity index (χ4n) is 2.80. The summed E-state index contributed by atoms with van der Waals surface area (Å²) < 4.78 is 25.6. The van der Waals surface area contributed by atoms with Gasteiger partial charge in [0, 0.05) is 23.3 Å². The van der Waals surface area contributed by atoms with Gasteiger partial charge in [-0.15, -0.1) is 10.2 Å². The maximum atomic E-state index is 14.0. The Kier molecular flexibility index (Phi) is 4.74. The van der Waals surface area contributed by atoms with Gasteiger partial charge < -0.3 is 15.0 Å². The second-order valence-corrected chi connectivity index (χ2v) is 6.84. The van der Waals surface area contributed by atoms with Crippen LogP contribution < -0.4 is 16.2 Å². The Morgan fingerprint density at radius 2 is 2.04 bits per heavy atom. The highest BCUT2D eigenvalue weighted by atomic mass is 32.2. The highest BCUT2D eigenvalue weighted by Gasteiger charge is 2.16. The Labute approximate surface area is 162 Å². The molecule has 0 aliphatic heterocycles. The van der Waals surface area contributed by atoms with Crippen molar-refractivity contribution in [3.05, 3.63) is 70.3 Å². The number of methoxy groups -OCH3 is 1. The molecule has 4 rings (SSSR count). The van der Waals surface area contributed by atoms with E-state index in [9.17, 15) is 9.18 Å². The summed E-state index contributed by atoms with van der Waals surface area (Å²) in [4.78, 5) is 11.9.